The highest BCUT2D eigenvalue weighted by Crippen LogP contribution is 2.16. The molecule has 1 rings (SSSR count). The summed E-state index contributed by atoms with van der Waals surface area (Å²) >= 11 is 5.59. The summed E-state index contributed by atoms with van der Waals surface area (Å²) in [6.07, 6.45) is 1.32. The van der Waals surface area contributed by atoms with Crippen molar-refractivity contribution in [2.24, 2.45) is 0 Å². The van der Waals surface area contributed by atoms with Gasteiger partial charge in [-0.1, -0.05) is 11.6 Å². The lowest BCUT2D eigenvalue weighted by molar-refractivity contribution is 0.266. The van der Waals surface area contributed by atoms with Crippen LogP contribution in [0.3, 0.4) is 0 Å². The Hall–Kier alpha value is -0.690. The largest absolute Gasteiger partial charge is 0.395 e. The molecule has 84 valence electrons. The van der Waals surface area contributed by atoms with Gasteiger partial charge in [-0.15, -0.1) is 0 Å². The molecule has 1 heterocycles. The van der Waals surface area contributed by atoms with E-state index in [0.717, 1.165) is 4.31 Å². The van der Waals surface area contributed by atoms with E-state index in [0.29, 0.717) is 0 Å². The summed E-state index contributed by atoms with van der Waals surface area (Å²) in [7, 11) is -2.19. The minimum absolute atomic E-state index is 0.0439. The summed E-state index contributed by atoms with van der Waals surface area (Å²) in [4.78, 5) is 3.76. The van der Waals surface area contributed by atoms with Crippen molar-refractivity contribution in [3.8, 4) is 0 Å². The average molecular weight is 251 g/mol. The van der Waals surface area contributed by atoms with Gasteiger partial charge in [0.1, 0.15) is 5.15 Å². The van der Waals surface area contributed by atoms with Crippen LogP contribution in [0.5, 0.6) is 0 Å². The first-order valence-corrected chi connectivity index (χ1v) is 5.99. The first-order chi connectivity index (χ1) is 6.98. The normalized spacial score (nSPS) is 12.0. The number of aliphatic hydroxyl groups is 1. The molecule has 0 atom stereocenters. The van der Waals surface area contributed by atoms with Crippen molar-refractivity contribution in [1.29, 1.82) is 0 Å². The summed E-state index contributed by atoms with van der Waals surface area (Å²) in [5.74, 6) is 0. The molecule has 0 spiro atoms. The molecule has 0 radical (unpaired) electrons. The van der Waals surface area contributed by atoms with Crippen LogP contribution < -0.4 is 0 Å². The Morgan fingerprint density at radius 2 is 2.27 bits per heavy atom. The van der Waals surface area contributed by atoms with Crippen LogP contribution >= 0.6 is 11.6 Å². The maximum absolute atomic E-state index is 11.8. The van der Waals surface area contributed by atoms with Gasteiger partial charge in [-0.25, -0.2) is 13.4 Å². The SMILES string of the molecule is CN(CCO)S(=O)(=O)c1ccnc(Cl)c1. The zero-order valence-electron chi connectivity index (χ0n) is 8.09. The molecule has 0 bridgehead atoms. The van der Waals surface area contributed by atoms with Crippen molar-refractivity contribution >= 4 is 21.6 Å². The maximum atomic E-state index is 11.8. The van der Waals surface area contributed by atoms with Gasteiger partial charge in [0.05, 0.1) is 11.5 Å². The molecule has 0 saturated heterocycles. The molecule has 0 aliphatic heterocycles. The molecule has 7 heteroatoms. The Labute approximate surface area is 93.4 Å². The van der Waals surface area contributed by atoms with E-state index in [9.17, 15) is 8.42 Å². The van der Waals surface area contributed by atoms with Crippen molar-refractivity contribution in [1.82, 2.24) is 9.29 Å². The second kappa shape index (κ2) is 4.89. The summed E-state index contributed by atoms with van der Waals surface area (Å²) in [6, 6.07) is 2.62. The quantitative estimate of drug-likeness (QED) is 0.783. The summed E-state index contributed by atoms with van der Waals surface area (Å²) < 4.78 is 24.7. The topological polar surface area (TPSA) is 70.5 Å². The molecule has 0 fully saturated rings. The van der Waals surface area contributed by atoms with Gasteiger partial charge in [0.15, 0.2) is 0 Å². The Morgan fingerprint density at radius 3 is 2.80 bits per heavy atom. The van der Waals surface area contributed by atoms with Crippen LogP contribution in [0.1, 0.15) is 0 Å². The van der Waals surface area contributed by atoms with E-state index >= 15 is 0 Å². The van der Waals surface area contributed by atoms with Crippen molar-refractivity contribution in [3.05, 3.63) is 23.5 Å². The van der Waals surface area contributed by atoms with Crippen LogP contribution in [-0.2, 0) is 10.0 Å². The highest BCUT2D eigenvalue weighted by atomic mass is 35.5. The fraction of sp³-hybridized carbons (Fsp3) is 0.375. The molecular weight excluding hydrogens is 240 g/mol. The zero-order chi connectivity index (χ0) is 11.5. The lowest BCUT2D eigenvalue weighted by Crippen LogP contribution is -2.29. The molecule has 0 aromatic carbocycles. The first-order valence-electron chi connectivity index (χ1n) is 4.17. The summed E-state index contributed by atoms with van der Waals surface area (Å²) in [6.45, 7) is -0.184. The number of hydrogen-bond acceptors (Lipinski definition) is 4. The second-order valence-corrected chi connectivity index (χ2v) is 5.30. The minimum Gasteiger partial charge on any atom is -0.395 e. The van der Waals surface area contributed by atoms with E-state index in [-0.39, 0.29) is 23.2 Å². The standard InChI is InChI=1S/C8H11ClN2O3S/c1-11(4-5-12)15(13,14)7-2-3-10-8(9)6-7/h2-3,6,12H,4-5H2,1H3. The number of halogens is 1. The number of rotatable bonds is 4. The third-order valence-corrected chi connectivity index (χ3v) is 3.88. The van der Waals surface area contributed by atoms with E-state index in [1.54, 1.807) is 0 Å². The van der Waals surface area contributed by atoms with Gasteiger partial charge < -0.3 is 5.11 Å². The number of nitrogens with zero attached hydrogens (tertiary/aromatic N) is 2. The van der Waals surface area contributed by atoms with Crippen LogP contribution in [0.2, 0.25) is 5.15 Å². The monoisotopic (exact) mass is 250 g/mol. The Balaban J connectivity index is 3.06. The molecule has 0 saturated carbocycles. The van der Waals surface area contributed by atoms with E-state index in [2.05, 4.69) is 4.98 Å². The number of aromatic nitrogens is 1. The molecule has 0 unspecified atom stereocenters. The van der Waals surface area contributed by atoms with Crippen molar-refractivity contribution in [2.75, 3.05) is 20.2 Å². The van der Waals surface area contributed by atoms with E-state index in [1.807, 2.05) is 0 Å². The van der Waals surface area contributed by atoms with Gasteiger partial charge in [0.25, 0.3) is 0 Å². The van der Waals surface area contributed by atoms with Crippen LogP contribution in [0, 0.1) is 0 Å². The Kier molecular flexibility index (Phi) is 4.04. The predicted octanol–water partition coefficient (Wildman–Crippen LogP) is 0.348. The zero-order valence-corrected chi connectivity index (χ0v) is 9.66. The first kappa shape index (κ1) is 12.4. The van der Waals surface area contributed by atoms with Crippen LogP contribution in [0.15, 0.2) is 23.2 Å². The van der Waals surface area contributed by atoms with Crippen LogP contribution in [0.25, 0.3) is 0 Å². The Bertz CT molecular complexity index is 435. The Morgan fingerprint density at radius 1 is 1.60 bits per heavy atom. The number of pyridine rings is 1. The van der Waals surface area contributed by atoms with E-state index in [1.165, 1.54) is 25.4 Å². The number of hydrogen-bond donors (Lipinski definition) is 1. The maximum Gasteiger partial charge on any atom is 0.243 e. The van der Waals surface area contributed by atoms with Gasteiger partial charge in [-0.2, -0.15) is 4.31 Å². The van der Waals surface area contributed by atoms with Gasteiger partial charge >= 0.3 is 0 Å². The molecule has 15 heavy (non-hydrogen) atoms. The molecule has 5 nitrogen and oxygen atoms in total. The number of sulfonamides is 1. The molecule has 1 aromatic heterocycles. The molecule has 0 amide bonds. The van der Waals surface area contributed by atoms with Crippen molar-refractivity contribution < 1.29 is 13.5 Å². The number of likely N-dealkylation sites (N-methyl/N-ethyl adjacent to an activating group) is 1. The summed E-state index contributed by atoms with van der Waals surface area (Å²) in [5, 5.41) is 8.78. The lowest BCUT2D eigenvalue weighted by Gasteiger charge is -2.15. The third kappa shape index (κ3) is 2.88. The predicted molar refractivity (Wildman–Crippen MR) is 56.1 cm³/mol. The minimum atomic E-state index is -3.57. The average Bonchev–Trinajstić information content (AvgIpc) is 2.18. The highest BCUT2D eigenvalue weighted by Gasteiger charge is 2.20. The van der Waals surface area contributed by atoms with E-state index in [4.69, 9.17) is 16.7 Å². The van der Waals surface area contributed by atoms with Crippen molar-refractivity contribution in [2.45, 2.75) is 4.90 Å². The second-order valence-electron chi connectivity index (χ2n) is 2.86. The van der Waals surface area contributed by atoms with E-state index < -0.39 is 10.0 Å². The van der Waals surface area contributed by atoms with Gasteiger partial charge in [0, 0.05) is 19.8 Å². The fourth-order valence-corrected chi connectivity index (χ4v) is 2.40. The molecule has 1 aromatic rings. The molecule has 0 aliphatic rings. The van der Waals surface area contributed by atoms with Crippen LogP contribution in [-0.4, -0.2) is 43.0 Å². The molecule has 1 N–H and O–H groups in total. The fourth-order valence-electron chi connectivity index (χ4n) is 0.986. The van der Waals surface area contributed by atoms with Gasteiger partial charge in [-0.3, -0.25) is 0 Å². The third-order valence-electron chi connectivity index (χ3n) is 1.82. The smallest absolute Gasteiger partial charge is 0.243 e. The molecule has 0 aliphatic carbocycles. The molecular formula is C8H11ClN2O3S. The van der Waals surface area contributed by atoms with Gasteiger partial charge in [0.2, 0.25) is 10.0 Å². The lowest BCUT2D eigenvalue weighted by atomic mass is 10.5. The highest BCUT2D eigenvalue weighted by molar-refractivity contribution is 7.89. The number of aliphatic hydroxyl groups excluding tert-OH is 1. The van der Waals surface area contributed by atoms with Crippen LogP contribution in [0.4, 0.5) is 0 Å². The van der Waals surface area contributed by atoms with Crippen molar-refractivity contribution in [3.63, 3.8) is 0 Å². The summed E-state index contributed by atoms with van der Waals surface area (Å²) in [5.41, 5.74) is 0. The van der Waals surface area contributed by atoms with Gasteiger partial charge in [-0.05, 0) is 12.1 Å².